The molecule has 0 bridgehead atoms. The summed E-state index contributed by atoms with van der Waals surface area (Å²) >= 11 is 0. The first-order valence-electron chi connectivity index (χ1n) is 5.67. The highest BCUT2D eigenvalue weighted by molar-refractivity contribution is 7.96. The lowest BCUT2D eigenvalue weighted by Gasteiger charge is -2.02. The predicted molar refractivity (Wildman–Crippen MR) is 72.6 cm³/mol. The fraction of sp³-hybridized carbons (Fsp3) is 0.231. The highest BCUT2D eigenvalue weighted by Gasteiger charge is 2.38. The number of benzene rings is 1. The van der Waals surface area contributed by atoms with E-state index in [1.807, 2.05) is 19.1 Å². The standard InChI is InChI=1S/C13H13NO4S/c1-9-5-3-4-6-11(9)7-13-10(2)12(14(15)16)8-19(13,17)18/h3-7H,8H2,1-2H3/b13-7-. The summed E-state index contributed by atoms with van der Waals surface area (Å²) in [5, 5.41) is 10.8. The molecule has 0 saturated heterocycles. The molecule has 0 saturated carbocycles. The van der Waals surface area contributed by atoms with E-state index in [9.17, 15) is 18.5 Å². The molecule has 0 radical (unpaired) electrons. The van der Waals surface area contributed by atoms with E-state index >= 15 is 0 Å². The van der Waals surface area contributed by atoms with Gasteiger partial charge in [0.1, 0.15) is 5.75 Å². The Morgan fingerprint density at radius 2 is 1.89 bits per heavy atom. The Kier molecular flexibility index (Phi) is 3.28. The van der Waals surface area contributed by atoms with Crippen LogP contribution < -0.4 is 0 Å². The molecule has 1 aromatic carbocycles. The lowest BCUT2D eigenvalue weighted by Crippen LogP contribution is -2.06. The maximum atomic E-state index is 12.0. The smallest absolute Gasteiger partial charge is 0.259 e. The third kappa shape index (κ3) is 2.44. The number of nitro groups is 1. The van der Waals surface area contributed by atoms with Gasteiger partial charge in [-0.15, -0.1) is 0 Å². The van der Waals surface area contributed by atoms with Gasteiger partial charge in [0.25, 0.3) is 5.70 Å². The molecule has 1 aliphatic rings. The second-order valence-corrected chi connectivity index (χ2v) is 6.41. The van der Waals surface area contributed by atoms with E-state index < -0.39 is 20.5 Å². The average Bonchev–Trinajstić information content (AvgIpc) is 2.55. The Morgan fingerprint density at radius 3 is 2.42 bits per heavy atom. The predicted octanol–water partition coefficient (Wildman–Crippen LogP) is 2.32. The van der Waals surface area contributed by atoms with Crippen molar-refractivity contribution >= 4 is 15.9 Å². The monoisotopic (exact) mass is 279 g/mol. The topological polar surface area (TPSA) is 77.3 Å². The first-order chi connectivity index (χ1) is 8.83. The lowest BCUT2D eigenvalue weighted by molar-refractivity contribution is -0.424. The number of aryl methyl sites for hydroxylation is 1. The number of allylic oxidation sites excluding steroid dienone is 1. The van der Waals surface area contributed by atoms with Gasteiger partial charge in [-0.05, 0) is 31.1 Å². The first-order valence-corrected chi connectivity index (χ1v) is 7.33. The van der Waals surface area contributed by atoms with Crippen LogP contribution in [0.25, 0.3) is 6.08 Å². The van der Waals surface area contributed by atoms with Gasteiger partial charge >= 0.3 is 0 Å². The largest absolute Gasteiger partial charge is 0.265 e. The van der Waals surface area contributed by atoms with E-state index in [4.69, 9.17) is 0 Å². The molecule has 5 nitrogen and oxygen atoms in total. The van der Waals surface area contributed by atoms with Crippen LogP contribution in [-0.2, 0) is 9.84 Å². The second-order valence-electron chi connectivity index (χ2n) is 4.45. The summed E-state index contributed by atoms with van der Waals surface area (Å²) < 4.78 is 24.0. The van der Waals surface area contributed by atoms with Crippen LogP contribution in [0, 0.1) is 17.0 Å². The minimum atomic E-state index is -3.60. The first kappa shape index (κ1) is 13.5. The van der Waals surface area contributed by atoms with E-state index in [0.717, 1.165) is 11.1 Å². The quantitative estimate of drug-likeness (QED) is 0.615. The van der Waals surface area contributed by atoms with Crippen molar-refractivity contribution in [2.45, 2.75) is 13.8 Å². The molecule has 0 amide bonds. The zero-order chi connectivity index (χ0) is 14.2. The fourth-order valence-corrected chi connectivity index (χ4v) is 3.75. The van der Waals surface area contributed by atoms with Gasteiger partial charge in [0.05, 0.1) is 9.83 Å². The normalized spacial score (nSPS) is 20.0. The number of hydrogen-bond donors (Lipinski definition) is 0. The lowest BCUT2D eigenvalue weighted by atomic mass is 10.1. The van der Waals surface area contributed by atoms with Crippen LogP contribution in [-0.4, -0.2) is 19.1 Å². The van der Waals surface area contributed by atoms with Crippen LogP contribution in [0.15, 0.2) is 40.4 Å². The molecule has 19 heavy (non-hydrogen) atoms. The average molecular weight is 279 g/mol. The molecule has 0 spiro atoms. The Morgan fingerprint density at radius 1 is 1.26 bits per heavy atom. The highest BCUT2D eigenvalue weighted by atomic mass is 32.2. The van der Waals surface area contributed by atoms with Crippen LogP contribution in [0.1, 0.15) is 18.1 Å². The van der Waals surface area contributed by atoms with Crippen LogP contribution in [0.3, 0.4) is 0 Å². The molecule has 6 heteroatoms. The molecule has 1 heterocycles. The van der Waals surface area contributed by atoms with Crippen molar-refractivity contribution < 1.29 is 13.3 Å². The van der Waals surface area contributed by atoms with Crippen molar-refractivity contribution in [3.8, 4) is 0 Å². The summed E-state index contributed by atoms with van der Waals surface area (Å²) in [5.74, 6) is -0.524. The molecular weight excluding hydrogens is 266 g/mol. The van der Waals surface area contributed by atoms with E-state index in [1.54, 1.807) is 12.1 Å². The molecule has 0 aromatic heterocycles. The van der Waals surface area contributed by atoms with Crippen LogP contribution in [0.5, 0.6) is 0 Å². The Hall–Kier alpha value is -1.95. The van der Waals surface area contributed by atoms with E-state index in [0.29, 0.717) is 0 Å². The molecule has 1 aliphatic heterocycles. The maximum absolute atomic E-state index is 12.0. The zero-order valence-corrected chi connectivity index (χ0v) is 11.4. The summed E-state index contributed by atoms with van der Waals surface area (Å²) in [6.45, 7) is 3.34. The SMILES string of the molecule is CC1=C([N+](=O)[O-])CS(=O)(=O)/C1=C\c1ccccc1C. The summed E-state index contributed by atoms with van der Waals surface area (Å²) in [4.78, 5) is 10.3. The number of hydrogen-bond acceptors (Lipinski definition) is 4. The van der Waals surface area contributed by atoms with Crippen molar-refractivity contribution in [1.82, 2.24) is 0 Å². The van der Waals surface area contributed by atoms with Gasteiger partial charge in [0, 0.05) is 5.57 Å². The van der Waals surface area contributed by atoms with Gasteiger partial charge in [-0.1, -0.05) is 24.3 Å². The minimum absolute atomic E-state index is 0.0495. The molecule has 0 atom stereocenters. The third-order valence-electron chi connectivity index (χ3n) is 3.16. The molecule has 0 fully saturated rings. The molecular formula is C13H13NO4S. The summed E-state index contributed by atoms with van der Waals surface area (Å²) in [7, 11) is -3.60. The second kappa shape index (κ2) is 4.62. The zero-order valence-electron chi connectivity index (χ0n) is 10.6. The summed E-state index contributed by atoms with van der Waals surface area (Å²) in [6, 6.07) is 7.30. The Labute approximate surface area is 111 Å². The number of rotatable bonds is 2. The van der Waals surface area contributed by atoms with Crippen LogP contribution in [0.2, 0.25) is 0 Å². The Bertz CT molecular complexity index is 714. The minimum Gasteiger partial charge on any atom is -0.259 e. The summed E-state index contributed by atoms with van der Waals surface area (Å²) in [5.41, 5.74) is 1.67. The van der Waals surface area contributed by atoms with E-state index in [-0.39, 0.29) is 16.2 Å². The van der Waals surface area contributed by atoms with Crippen LogP contribution >= 0.6 is 0 Å². The van der Waals surface area contributed by atoms with Gasteiger partial charge in [-0.25, -0.2) is 8.42 Å². The number of nitrogens with zero attached hydrogens (tertiary/aromatic N) is 1. The fourth-order valence-electron chi connectivity index (χ4n) is 2.02. The van der Waals surface area contributed by atoms with E-state index in [1.165, 1.54) is 13.0 Å². The van der Waals surface area contributed by atoms with Crippen LogP contribution in [0.4, 0.5) is 0 Å². The Balaban J connectivity index is 2.61. The van der Waals surface area contributed by atoms with Crippen molar-refractivity contribution in [1.29, 1.82) is 0 Å². The van der Waals surface area contributed by atoms with Crippen molar-refractivity contribution in [3.63, 3.8) is 0 Å². The molecule has 2 rings (SSSR count). The maximum Gasteiger partial charge on any atom is 0.265 e. The highest BCUT2D eigenvalue weighted by Crippen LogP contribution is 2.32. The van der Waals surface area contributed by atoms with Gasteiger partial charge < -0.3 is 0 Å². The molecule has 0 N–H and O–H groups in total. The van der Waals surface area contributed by atoms with Crippen molar-refractivity contribution in [2.75, 3.05) is 5.75 Å². The molecule has 100 valence electrons. The number of sulfone groups is 1. The van der Waals surface area contributed by atoms with Gasteiger partial charge in [0.2, 0.25) is 0 Å². The van der Waals surface area contributed by atoms with Crippen molar-refractivity contribution in [3.05, 3.63) is 61.7 Å². The van der Waals surface area contributed by atoms with Gasteiger partial charge in [0.15, 0.2) is 9.84 Å². The van der Waals surface area contributed by atoms with Crippen molar-refractivity contribution in [2.24, 2.45) is 0 Å². The third-order valence-corrected chi connectivity index (χ3v) is 4.91. The molecule has 0 aliphatic carbocycles. The summed E-state index contributed by atoms with van der Waals surface area (Å²) in [6.07, 6.45) is 1.51. The van der Waals surface area contributed by atoms with Gasteiger partial charge in [-0.2, -0.15) is 0 Å². The van der Waals surface area contributed by atoms with Gasteiger partial charge in [-0.3, -0.25) is 10.1 Å². The van der Waals surface area contributed by atoms with E-state index in [2.05, 4.69) is 0 Å². The molecule has 0 unspecified atom stereocenters. The molecule has 1 aromatic rings.